The third kappa shape index (κ3) is 2.72. The minimum absolute atomic E-state index is 0.0604. The number of halogens is 4. The van der Waals surface area contributed by atoms with Gasteiger partial charge in [0.25, 0.3) is 0 Å². The Labute approximate surface area is 82.9 Å². The highest BCUT2D eigenvalue weighted by molar-refractivity contribution is 9.09. The maximum Gasteiger partial charge on any atom is 0.416 e. The molecule has 1 atom stereocenters. The van der Waals surface area contributed by atoms with Crippen LogP contribution in [0.15, 0.2) is 24.3 Å². The fraction of sp³-hybridized carbons (Fsp3) is 0.333. The summed E-state index contributed by atoms with van der Waals surface area (Å²) in [6.07, 6.45) is -4.25. The van der Waals surface area contributed by atoms with Crippen molar-refractivity contribution in [1.29, 1.82) is 0 Å². The second-order valence-corrected chi connectivity index (χ2v) is 4.11. The standard InChI is InChI=1S/C9H8BrF3/c1-6(10)7-3-2-4-8(5-7)9(11,12)13/h2-6H,1H3/t6-/m1/s1. The zero-order chi connectivity index (χ0) is 10.1. The molecule has 0 N–H and O–H groups in total. The van der Waals surface area contributed by atoms with E-state index in [9.17, 15) is 13.2 Å². The van der Waals surface area contributed by atoms with Crippen molar-refractivity contribution >= 4 is 15.9 Å². The smallest absolute Gasteiger partial charge is 0.166 e. The lowest BCUT2D eigenvalue weighted by atomic mass is 10.1. The minimum Gasteiger partial charge on any atom is -0.166 e. The van der Waals surface area contributed by atoms with Crippen LogP contribution in [0.2, 0.25) is 0 Å². The van der Waals surface area contributed by atoms with E-state index < -0.39 is 11.7 Å². The number of hydrogen-bond donors (Lipinski definition) is 0. The molecule has 0 bridgehead atoms. The van der Waals surface area contributed by atoms with Crippen LogP contribution in [0.4, 0.5) is 13.2 Å². The molecule has 0 unspecified atom stereocenters. The first-order chi connectivity index (χ1) is 5.91. The van der Waals surface area contributed by atoms with Crippen LogP contribution in [-0.2, 0) is 6.18 Å². The second-order valence-electron chi connectivity index (χ2n) is 2.74. The Hall–Kier alpha value is -0.510. The Bertz CT molecular complexity index is 291. The van der Waals surface area contributed by atoms with Crippen molar-refractivity contribution in [2.24, 2.45) is 0 Å². The minimum atomic E-state index is -4.25. The van der Waals surface area contributed by atoms with E-state index in [0.717, 1.165) is 12.1 Å². The van der Waals surface area contributed by atoms with Crippen LogP contribution in [0.25, 0.3) is 0 Å². The highest BCUT2D eigenvalue weighted by Crippen LogP contribution is 2.32. The van der Waals surface area contributed by atoms with Crippen molar-refractivity contribution < 1.29 is 13.2 Å². The van der Waals surface area contributed by atoms with Crippen LogP contribution in [0.1, 0.15) is 22.9 Å². The maximum absolute atomic E-state index is 12.2. The summed E-state index contributed by atoms with van der Waals surface area (Å²) in [5.74, 6) is 0. The van der Waals surface area contributed by atoms with Gasteiger partial charge in [0.15, 0.2) is 0 Å². The van der Waals surface area contributed by atoms with Gasteiger partial charge in [0.05, 0.1) is 5.56 Å². The lowest BCUT2D eigenvalue weighted by molar-refractivity contribution is -0.137. The van der Waals surface area contributed by atoms with E-state index in [1.54, 1.807) is 13.0 Å². The molecule has 0 fully saturated rings. The Kier molecular flexibility index (Phi) is 3.01. The molecule has 0 heterocycles. The Morgan fingerprint density at radius 3 is 2.38 bits per heavy atom. The summed E-state index contributed by atoms with van der Waals surface area (Å²) in [5, 5.41) is 0. The maximum atomic E-state index is 12.2. The molecule has 0 saturated carbocycles. The van der Waals surface area contributed by atoms with E-state index in [4.69, 9.17) is 0 Å². The molecule has 0 aliphatic carbocycles. The zero-order valence-corrected chi connectivity index (χ0v) is 8.48. The molecule has 0 radical (unpaired) electrons. The van der Waals surface area contributed by atoms with Crippen molar-refractivity contribution in [1.82, 2.24) is 0 Å². The van der Waals surface area contributed by atoms with Gasteiger partial charge in [-0.2, -0.15) is 13.2 Å². The summed E-state index contributed by atoms with van der Waals surface area (Å²) in [5.41, 5.74) is 0.0334. The van der Waals surface area contributed by atoms with Crippen LogP contribution in [0.3, 0.4) is 0 Å². The van der Waals surface area contributed by atoms with E-state index in [0.29, 0.717) is 5.56 Å². The number of benzene rings is 1. The first kappa shape index (κ1) is 10.6. The summed E-state index contributed by atoms with van der Waals surface area (Å²) in [6.45, 7) is 1.79. The highest BCUT2D eigenvalue weighted by Gasteiger charge is 2.30. The molecule has 0 aromatic heterocycles. The average Bonchev–Trinajstić information content (AvgIpc) is 2.03. The summed E-state index contributed by atoms with van der Waals surface area (Å²) in [4.78, 5) is -0.0604. The normalized spacial score (nSPS) is 14.2. The van der Waals surface area contributed by atoms with Gasteiger partial charge in [-0.25, -0.2) is 0 Å². The van der Waals surface area contributed by atoms with Crippen LogP contribution in [0.5, 0.6) is 0 Å². The molecule has 0 spiro atoms. The molecule has 0 aliphatic rings. The van der Waals surface area contributed by atoms with E-state index in [1.807, 2.05) is 0 Å². The Balaban J connectivity index is 3.06. The molecule has 1 aromatic carbocycles. The highest BCUT2D eigenvalue weighted by atomic mass is 79.9. The van der Waals surface area contributed by atoms with E-state index in [2.05, 4.69) is 15.9 Å². The monoisotopic (exact) mass is 252 g/mol. The van der Waals surface area contributed by atoms with Crippen molar-refractivity contribution in [3.8, 4) is 0 Å². The van der Waals surface area contributed by atoms with Crippen LogP contribution < -0.4 is 0 Å². The number of alkyl halides is 4. The van der Waals surface area contributed by atoms with Gasteiger partial charge in [0, 0.05) is 4.83 Å². The first-order valence-electron chi connectivity index (χ1n) is 3.72. The summed E-state index contributed by atoms with van der Waals surface area (Å²) in [7, 11) is 0. The van der Waals surface area contributed by atoms with Crippen LogP contribution in [-0.4, -0.2) is 0 Å². The fourth-order valence-corrected chi connectivity index (χ4v) is 1.25. The summed E-state index contributed by atoms with van der Waals surface area (Å²) < 4.78 is 36.6. The van der Waals surface area contributed by atoms with Gasteiger partial charge in [-0.05, 0) is 18.6 Å². The topological polar surface area (TPSA) is 0 Å². The fourth-order valence-electron chi connectivity index (χ4n) is 0.962. The van der Waals surface area contributed by atoms with Gasteiger partial charge in [-0.15, -0.1) is 0 Å². The number of hydrogen-bond acceptors (Lipinski definition) is 0. The molecule has 1 aromatic rings. The second kappa shape index (κ2) is 3.70. The molecule has 13 heavy (non-hydrogen) atoms. The Morgan fingerprint density at radius 1 is 1.31 bits per heavy atom. The molecule has 0 amide bonds. The zero-order valence-electron chi connectivity index (χ0n) is 6.90. The number of rotatable bonds is 1. The van der Waals surface area contributed by atoms with E-state index >= 15 is 0 Å². The predicted octanol–water partition coefficient (Wildman–Crippen LogP) is 4.16. The molecule has 72 valence electrons. The summed E-state index contributed by atoms with van der Waals surface area (Å²) in [6, 6.07) is 5.29. The average molecular weight is 253 g/mol. The van der Waals surface area contributed by atoms with Crippen molar-refractivity contribution in [3.05, 3.63) is 35.4 Å². The molecule has 0 nitrogen and oxygen atoms in total. The largest absolute Gasteiger partial charge is 0.416 e. The molecule has 0 aliphatic heterocycles. The summed E-state index contributed by atoms with van der Waals surface area (Å²) >= 11 is 3.22. The van der Waals surface area contributed by atoms with Gasteiger partial charge in [0.1, 0.15) is 0 Å². The molecule has 0 saturated heterocycles. The lowest BCUT2D eigenvalue weighted by Gasteiger charge is -2.09. The third-order valence-corrected chi connectivity index (χ3v) is 2.20. The van der Waals surface area contributed by atoms with Crippen LogP contribution in [0, 0.1) is 0 Å². The molecule has 4 heteroatoms. The quantitative estimate of drug-likeness (QED) is 0.659. The first-order valence-corrected chi connectivity index (χ1v) is 4.64. The van der Waals surface area contributed by atoms with Gasteiger partial charge in [0.2, 0.25) is 0 Å². The molecular weight excluding hydrogens is 245 g/mol. The van der Waals surface area contributed by atoms with Gasteiger partial charge in [-0.3, -0.25) is 0 Å². The van der Waals surface area contributed by atoms with Crippen molar-refractivity contribution in [2.75, 3.05) is 0 Å². The lowest BCUT2D eigenvalue weighted by Crippen LogP contribution is -2.05. The van der Waals surface area contributed by atoms with Gasteiger partial charge < -0.3 is 0 Å². The molecule has 1 rings (SSSR count). The van der Waals surface area contributed by atoms with Crippen molar-refractivity contribution in [3.63, 3.8) is 0 Å². The van der Waals surface area contributed by atoms with E-state index in [1.165, 1.54) is 6.07 Å². The predicted molar refractivity (Wildman–Crippen MR) is 48.8 cm³/mol. The SMILES string of the molecule is C[C@@H](Br)c1cccc(C(F)(F)F)c1. The Morgan fingerprint density at radius 2 is 1.92 bits per heavy atom. The molecular formula is C9H8BrF3. The van der Waals surface area contributed by atoms with Crippen molar-refractivity contribution in [2.45, 2.75) is 17.9 Å². The third-order valence-electron chi connectivity index (χ3n) is 1.67. The van der Waals surface area contributed by atoms with Gasteiger partial charge >= 0.3 is 6.18 Å². The van der Waals surface area contributed by atoms with E-state index in [-0.39, 0.29) is 4.83 Å². The van der Waals surface area contributed by atoms with Crippen LogP contribution >= 0.6 is 15.9 Å². The van der Waals surface area contributed by atoms with Gasteiger partial charge in [-0.1, -0.05) is 34.1 Å².